The van der Waals surface area contributed by atoms with Crippen molar-refractivity contribution in [1.82, 2.24) is 35.2 Å². The number of nitrogens with zero attached hydrogens (tertiary/aromatic N) is 4. The van der Waals surface area contributed by atoms with E-state index in [-0.39, 0.29) is 12.3 Å². The average molecular weight is 307 g/mol. The third-order valence-electron chi connectivity index (χ3n) is 3.52. The molecule has 0 saturated carbocycles. The van der Waals surface area contributed by atoms with Crippen LogP contribution in [-0.4, -0.2) is 35.8 Å². The zero-order chi connectivity index (χ0) is 15.6. The first-order valence-electron chi connectivity index (χ1n) is 7.12. The van der Waals surface area contributed by atoms with E-state index in [0.29, 0.717) is 12.4 Å². The van der Waals surface area contributed by atoms with E-state index in [9.17, 15) is 4.79 Å². The second-order valence-corrected chi connectivity index (χ2v) is 5.10. The van der Waals surface area contributed by atoms with Crippen LogP contribution in [0.3, 0.4) is 0 Å². The lowest BCUT2D eigenvalue weighted by molar-refractivity contribution is -0.120. The third kappa shape index (κ3) is 2.61. The van der Waals surface area contributed by atoms with Crippen molar-refractivity contribution in [2.75, 3.05) is 0 Å². The molecule has 0 aliphatic rings. The van der Waals surface area contributed by atoms with Crippen LogP contribution in [0.15, 0.2) is 37.1 Å². The standard InChI is InChI=1S/C15H13N7O/c23-13(18-6-9-1-3-16-8-20-9)5-12-21-11-7-19-15-10(2-4-17-15)14(11)22-12/h1-4,7-8H,5-6H2,(H,17,19)(H,18,23)(H,21,22). The van der Waals surface area contributed by atoms with E-state index in [1.807, 2.05) is 12.3 Å². The molecular weight excluding hydrogens is 294 g/mol. The Balaban J connectivity index is 1.50. The van der Waals surface area contributed by atoms with E-state index < -0.39 is 0 Å². The second-order valence-electron chi connectivity index (χ2n) is 5.10. The van der Waals surface area contributed by atoms with Gasteiger partial charge in [-0.25, -0.2) is 19.9 Å². The van der Waals surface area contributed by atoms with Crippen molar-refractivity contribution in [3.8, 4) is 0 Å². The number of nitrogens with one attached hydrogen (secondary N) is 3. The molecule has 1 amide bonds. The van der Waals surface area contributed by atoms with Crippen molar-refractivity contribution in [3.63, 3.8) is 0 Å². The molecule has 0 bridgehead atoms. The lowest BCUT2D eigenvalue weighted by Crippen LogP contribution is -2.25. The summed E-state index contributed by atoms with van der Waals surface area (Å²) in [7, 11) is 0. The van der Waals surface area contributed by atoms with Crippen molar-refractivity contribution in [2.24, 2.45) is 0 Å². The summed E-state index contributed by atoms with van der Waals surface area (Å²) in [6.07, 6.45) is 6.80. The van der Waals surface area contributed by atoms with Gasteiger partial charge in [0, 0.05) is 17.8 Å². The highest BCUT2D eigenvalue weighted by Crippen LogP contribution is 2.20. The minimum absolute atomic E-state index is 0.124. The number of H-pyrrole nitrogens is 2. The maximum Gasteiger partial charge on any atom is 0.227 e. The smallest absolute Gasteiger partial charge is 0.227 e. The Bertz CT molecular complexity index is 973. The molecule has 0 spiro atoms. The van der Waals surface area contributed by atoms with E-state index in [1.165, 1.54) is 6.33 Å². The van der Waals surface area contributed by atoms with Gasteiger partial charge in [0.25, 0.3) is 0 Å². The van der Waals surface area contributed by atoms with Crippen LogP contribution in [0.4, 0.5) is 0 Å². The summed E-state index contributed by atoms with van der Waals surface area (Å²) in [6.45, 7) is 0.366. The summed E-state index contributed by atoms with van der Waals surface area (Å²) in [6, 6.07) is 3.68. The molecule has 8 nitrogen and oxygen atoms in total. The Labute approximate surface area is 130 Å². The molecule has 0 atom stereocenters. The van der Waals surface area contributed by atoms with Gasteiger partial charge in [-0.3, -0.25) is 4.79 Å². The van der Waals surface area contributed by atoms with Crippen LogP contribution in [0.5, 0.6) is 0 Å². The van der Waals surface area contributed by atoms with Crippen LogP contribution in [-0.2, 0) is 17.8 Å². The highest BCUT2D eigenvalue weighted by Gasteiger charge is 2.11. The Morgan fingerprint density at radius 1 is 1.26 bits per heavy atom. The fourth-order valence-electron chi connectivity index (χ4n) is 2.43. The molecule has 4 aromatic heterocycles. The van der Waals surface area contributed by atoms with Gasteiger partial charge in [-0.05, 0) is 12.1 Å². The molecule has 4 heterocycles. The maximum absolute atomic E-state index is 12.0. The molecule has 0 aliphatic carbocycles. The van der Waals surface area contributed by atoms with Gasteiger partial charge in [0.15, 0.2) is 0 Å². The lowest BCUT2D eigenvalue weighted by atomic mass is 10.3. The predicted molar refractivity (Wildman–Crippen MR) is 83.3 cm³/mol. The van der Waals surface area contributed by atoms with Gasteiger partial charge < -0.3 is 15.3 Å². The molecule has 4 rings (SSSR count). The van der Waals surface area contributed by atoms with Crippen LogP contribution in [0.25, 0.3) is 22.1 Å². The summed E-state index contributed by atoms with van der Waals surface area (Å²) in [5.74, 6) is 0.483. The summed E-state index contributed by atoms with van der Waals surface area (Å²) < 4.78 is 0. The number of carbonyl (C=O) groups excluding carboxylic acids is 1. The fraction of sp³-hybridized carbons (Fsp3) is 0.133. The molecular formula is C15H13N7O. The number of rotatable bonds is 4. The Hall–Kier alpha value is -3.29. The number of pyridine rings is 1. The van der Waals surface area contributed by atoms with Crippen LogP contribution in [0.1, 0.15) is 11.5 Å². The van der Waals surface area contributed by atoms with E-state index in [4.69, 9.17) is 0 Å². The van der Waals surface area contributed by atoms with Crippen molar-refractivity contribution in [2.45, 2.75) is 13.0 Å². The highest BCUT2D eigenvalue weighted by atomic mass is 16.1. The van der Waals surface area contributed by atoms with Gasteiger partial charge in [-0.1, -0.05) is 0 Å². The molecule has 0 aromatic carbocycles. The fourth-order valence-corrected chi connectivity index (χ4v) is 2.43. The van der Waals surface area contributed by atoms with Crippen molar-refractivity contribution >= 4 is 28.0 Å². The van der Waals surface area contributed by atoms with Crippen molar-refractivity contribution in [3.05, 3.63) is 48.6 Å². The predicted octanol–water partition coefficient (Wildman–Crippen LogP) is 1.09. The van der Waals surface area contributed by atoms with Crippen LogP contribution in [0.2, 0.25) is 0 Å². The SMILES string of the molecule is O=C(Cc1nc2c(cnc3[nH]ccc32)[nH]1)NCc1ccncn1. The minimum Gasteiger partial charge on any atom is -0.350 e. The van der Waals surface area contributed by atoms with Gasteiger partial charge in [0.05, 0.1) is 30.4 Å². The largest absolute Gasteiger partial charge is 0.350 e. The Kier molecular flexibility index (Phi) is 3.19. The normalized spacial score (nSPS) is 11.1. The van der Waals surface area contributed by atoms with Crippen molar-refractivity contribution in [1.29, 1.82) is 0 Å². The summed E-state index contributed by atoms with van der Waals surface area (Å²) in [4.78, 5) is 34.9. The number of aromatic amines is 2. The van der Waals surface area contributed by atoms with E-state index in [1.54, 1.807) is 18.5 Å². The monoisotopic (exact) mass is 307 g/mol. The first-order chi connectivity index (χ1) is 11.3. The summed E-state index contributed by atoms with van der Waals surface area (Å²) in [5, 5.41) is 3.75. The molecule has 8 heteroatoms. The van der Waals surface area contributed by atoms with Gasteiger partial charge in [-0.2, -0.15) is 0 Å². The number of amides is 1. The van der Waals surface area contributed by atoms with Crippen LogP contribution >= 0.6 is 0 Å². The molecule has 0 fully saturated rings. The van der Waals surface area contributed by atoms with Gasteiger partial charge >= 0.3 is 0 Å². The average Bonchev–Trinajstić information content (AvgIpc) is 3.19. The minimum atomic E-state index is -0.124. The Morgan fingerprint density at radius 2 is 2.22 bits per heavy atom. The zero-order valence-electron chi connectivity index (χ0n) is 12.1. The molecule has 0 radical (unpaired) electrons. The first-order valence-corrected chi connectivity index (χ1v) is 7.12. The number of aromatic nitrogens is 6. The molecule has 4 aromatic rings. The number of carbonyl (C=O) groups is 1. The Morgan fingerprint density at radius 3 is 3.09 bits per heavy atom. The number of fused-ring (bicyclic) bond motifs is 3. The zero-order valence-corrected chi connectivity index (χ0v) is 12.1. The molecule has 23 heavy (non-hydrogen) atoms. The van der Waals surface area contributed by atoms with E-state index in [0.717, 1.165) is 27.8 Å². The molecule has 114 valence electrons. The molecule has 3 N–H and O–H groups in total. The third-order valence-corrected chi connectivity index (χ3v) is 3.52. The molecule has 0 unspecified atom stereocenters. The van der Waals surface area contributed by atoms with E-state index in [2.05, 4.69) is 35.2 Å². The van der Waals surface area contributed by atoms with Crippen molar-refractivity contribution < 1.29 is 4.79 Å². The number of imidazole rings is 1. The van der Waals surface area contributed by atoms with Crippen LogP contribution in [0, 0.1) is 0 Å². The molecule has 0 aliphatic heterocycles. The van der Waals surface area contributed by atoms with Gasteiger partial charge in [0.2, 0.25) is 5.91 Å². The van der Waals surface area contributed by atoms with Crippen LogP contribution < -0.4 is 5.32 Å². The lowest BCUT2D eigenvalue weighted by Gasteiger charge is -2.02. The van der Waals surface area contributed by atoms with Gasteiger partial charge in [0.1, 0.15) is 23.3 Å². The second kappa shape index (κ2) is 5.48. The number of hydrogen-bond donors (Lipinski definition) is 3. The topological polar surface area (TPSA) is 112 Å². The highest BCUT2D eigenvalue weighted by molar-refractivity contribution is 6.00. The van der Waals surface area contributed by atoms with Gasteiger partial charge in [-0.15, -0.1) is 0 Å². The quantitative estimate of drug-likeness (QED) is 0.522. The first kappa shape index (κ1) is 13.4. The number of hydrogen-bond acceptors (Lipinski definition) is 5. The summed E-state index contributed by atoms with van der Waals surface area (Å²) in [5.41, 5.74) is 3.17. The summed E-state index contributed by atoms with van der Waals surface area (Å²) >= 11 is 0. The van der Waals surface area contributed by atoms with E-state index >= 15 is 0 Å². The maximum atomic E-state index is 12.0. The molecule has 0 saturated heterocycles.